The molecule has 0 spiro atoms. The lowest BCUT2D eigenvalue weighted by molar-refractivity contribution is -0.139. The minimum atomic E-state index is -0.848. The van der Waals surface area contributed by atoms with Crippen molar-refractivity contribution in [3.8, 4) is 5.75 Å². The van der Waals surface area contributed by atoms with Crippen molar-refractivity contribution >= 4 is 17.9 Å². The lowest BCUT2D eigenvalue weighted by atomic mass is 9.94. The fourth-order valence-electron chi connectivity index (χ4n) is 4.92. The van der Waals surface area contributed by atoms with Gasteiger partial charge < -0.3 is 19.7 Å². The van der Waals surface area contributed by atoms with Crippen molar-refractivity contribution in [3.05, 3.63) is 76.7 Å². The number of esters is 1. The first-order valence-electron chi connectivity index (χ1n) is 12.6. The first-order valence-corrected chi connectivity index (χ1v) is 12.6. The molecule has 1 N–H and O–H groups in total. The van der Waals surface area contributed by atoms with Crippen molar-refractivity contribution in [1.29, 1.82) is 0 Å². The fourth-order valence-corrected chi connectivity index (χ4v) is 4.92. The van der Waals surface area contributed by atoms with Gasteiger partial charge in [0.1, 0.15) is 11.6 Å². The number of likely N-dealkylation sites (N-methyl/N-ethyl adjacent to an activating group) is 1. The summed E-state index contributed by atoms with van der Waals surface area (Å²) in [5.41, 5.74) is 1.79. The Labute approximate surface area is 221 Å². The number of urea groups is 1. The van der Waals surface area contributed by atoms with E-state index in [9.17, 15) is 18.8 Å². The van der Waals surface area contributed by atoms with Crippen molar-refractivity contribution < 1.29 is 28.2 Å². The molecule has 4 rings (SSSR count). The molecular weight excluding hydrogens is 491 g/mol. The van der Waals surface area contributed by atoms with Crippen LogP contribution in [0.2, 0.25) is 0 Å². The molecule has 3 amide bonds. The summed E-state index contributed by atoms with van der Waals surface area (Å²) in [4.78, 5) is 44.5. The van der Waals surface area contributed by atoms with Gasteiger partial charge in [0.05, 0.1) is 25.3 Å². The zero-order valence-electron chi connectivity index (χ0n) is 22.1. The number of carbonyl (C=O) groups is 3. The Kier molecular flexibility index (Phi) is 8.31. The number of nitrogens with one attached hydrogen (secondary N) is 1. The minimum absolute atomic E-state index is 0.0634. The Morgan fingerprint density at radius 2 is 1.87 bits per heavy atom. The van der Waals surface area contributed by atoms with Gasteiger partial charge in [-0.2, -0.15) is 0 Å². The summed E-state index contributed by atoms with van der Waals surface area (Å²) in [6.07, 6.45) is 0. The Hall–Kier alpha value is -3.92. The van der Waals surface area contributed by atoms with Crippen LogP contribution in [0.5, 0.6) is 5.75 Å². The van der Waals surface area contributed by atoms with Crippen molar-refractivity contribution in [1.82, 2.24) is 20.0 Å². The molecule has 10 heteroatoms. The lowest BCUT2D eigenvalue weighted by Gasteiger charge is -2.42. The molecule has 0 radical (unpaired) electrons. The van der Waals surface area contributed by atoms with E-state index in [0.29, 0.717) is 48.8 Å². The number of rotatable bonds is 7. The summed E-state index contributed by atoms with van der Waals surface area (Å²) in [6.45, 7) is 5.71. The van der Waals surface area contributed by atoms with Gasteiger partial charge >= 0.3 is 12.0 Å². The number of halogens is 1. The second kappa shape index (κ2) is 11.6. The number of nitrogens with zero attached hydrogens (tertiary/aromatic N) is 3. The number of ether oxygens (including phenoxy) is 2. The van der Waals surface area contributed by atoms with E-state index < -0.39 is 23.9 Å². The fraction of sp³-hybridized carbons (Fsp3) is 0.393. The SMILES string of the molecule is CCOC(=O)C1=C(CN2CCN(C(=O)c3ccc(OC)cc3)[C@H](C)C2)N(C)C(=O)N[C@@H]1c1cccc(F)c1. The van der Waals surface area contributed by atoms with Crippen molar-refractivity contribution in [2.24, 2.45) is 0 Å². The third kappa shape index (κ3) is 5.65. The molecule has 0 aliphatic carbocycles. The summed E-state index contributed by atoms with van der Waals surface area (Å²) in [5.74, 6) is -0.411. The van der Waals surface area contributed by atoms with E-state index in [4.69, 9.17) is 9.47 Å². The van der Waals surface area contributed by atoms with E-state index in [0.717, 1.165) is 0 Å². The lowest BCUT2D eigenvalue weighted by Crippen LogP contribution is -2.56. The largest absolute Gasteiger partial charge is 0.497 e. The summed E-state index contributed by atoms with van der Waals surface area (Å²) in [5, 5.41) is 2.80. The van der Waals surface area contributed by atoms with Crippen LogP contribution >= 0.6 is 0 Å². The van der Waals surface area contributed by atoms with Crippen LogP contribution in [0.4, 0.5) is 9.18 Å². The summed E-state index contributed by atoms with van der Waals surface area (Å²) in [7, 11) is 3.17. The molecule has 0 saturated carbocycles. The predicted molar refractivity (Wildman–Crippen MR) is 139 cm³/mol. The zero-order chi connectivity index (χ0) is 27.4. The molecule has 0 aromatic heterocycles. The van der Waals surface area contributed by atoms with E-state index in [1.807, 2.05) is 11.8 Å². The Bertz CT molecular complexity index is 1230. The van der Waals surface area contributed by atoms with Crippen LogP contribution in [0.25, 0.3) is 0 Å². The van der Waals surface area contributed by atoms with Gasteiger partial charge in [0, 0.05) is 50.5 Å². The highest BCUT2D eigenvalue weighted by atomic mass is 19.1. The number of carbonyl (C=O) groups excluding carboxylic acids is 3. The third-order valence-corrected chi connectivity index (χ3v) is 6.94. The van der Waals surface area contributed by atoms with Crippen LogP contribution in [0.1, 0.15) is 35.8 Å². The maximum atomic E-state index is 14.0. The highest BCUT2D eigenvalue weighted by Gasteiger charge is 2.38. The first-order chi connectivity index (χ1) is 18.2. The molecule has 2 aromatic rings. The molecule has 1 saturated heterocycles. The summed E-state index contributed by atoms with van der Waals surface area (Å²) >= 11 is 0. The van der Waals surface area contributed by atoms with Crippen LogP contribution in [0.3, 0.4) is 0 Å². The Morgan fingerprint density at radius 1 is 1.13 bits per heavy atom. The standard InChI is InChI=1S/C28H33FN4O5/c1-5-38-27(35)24-23(31(3)28(36)30-25(24)20-7-6-8-21(29)15-20)17-32-13-14-33(18(2)16-32)26(34)19-9-11-22(37-4)12-10-19/h6-12,15,18,25H,5,13-14,16-17H2,1-4H3,(H,30,36)/t18-,25-/m1/s1. The number of hydrogen-bond acceptors (Lipinski definition) is 6. The highest BCUT2D eigenvalue weighted by molar-refractivity contribution is 5.95. The third-order valence-electron chi connectivity index (χ3n) is 6.94. The highest BCUT2D eigenvalue weighted by Crippen LogP contribution is 2.32. The molecule has 2 aliphatic heterocycles. The van der Waals surface area contributed by atoms with Crippen LogP contribution in [0, 0.1) is 5.82 Å². The molecule has 202 valence electrons. The topological polar surface area (TPSA) is 91.4 Å². The van der Waals surface area contributed by atoms with Crippen LogP contribution in [0.15, 0.2) is 59.8 Å². The molecule has 2 atom stereocenters. The first kappa shape index (κ1) is 27.1. The molecule has 38 heavy (non-hydrogen) atoms. The van der Waals surface area contributed by atoms with E-state index in [1.165, 1.54) is 17.0 Å². The van der Waals surface area contributed by atoms with Gasteiger partial charge in [-0.1, -0.05) is 12.1 Å². The molecule has 0 bridgehead atoms. The van der Waals surface area contributed by atoms with E-state index in [-0.39, 0.29) is 24.1 Å². The van der Waals surface area contributed by atoms with Gasteiger partial charge in [-0.25, -0.2) is 14.0 Å². The average Bonchev–Trinajstić information content (AvgIpc) is 2.91. The molecule has 9 nitrogen and oxygen atoms in total. The number of hydrogen-bond donors (Lipinski definition) is 1. The minimum Gasteiger partial charge on any atom is -0.497 e. The molecule has 2 heterocycles. The number of benzene rings is 2. The zero-order valence-corrected chi connectivity index (χ0v) is 22.1. The Morgan fingerprint density at radius 3 is 2.50 bits per heavy atom. The quantitative estimate of drug-likeness (QED) is 0.560. The molecule has 2 aliphatic rings. The van der Waals surface area contributed by atoms with Crippen molar-refractivity contribution in [2.45, 2.75) is 25.9 Å². The van der Waals surface area contributed by atoms with Gasteiger partial charge in [0.15, 0.2) is 0 Å². The Balaban J connectivity index is 1.58. The summed E-state index contributed by atoms with van der Waals surface area (Å²) in [6, 6.07) is 11.5. The monoisotopic (exact) mass is 524 g/mol. The van der Waals surface area contributed by atoms with E-state index >= 15 is 0 Å². The van der Waals surface area contributed by atoms with Gasteiger partial charge in [0.2, 0.25) is 0 Å². The van der Waals surface area contributed by atoms with Crippen molar-refractivity contribution in [3.63, 3.8) is 0 Å². The number of piperazine rings is 1. The van der Waals surface area contributed by atoms with Gasteiger partial charge in [-0.15, -0.1) is 0 Å². The second-order valence-electron chi connectivity index (χ2n) is 9.39. The maximum absolute atomic E-state index is 14.0. The second-order valence-corrected chi connectivity index (χ2v) is 9.39. The normalized spacial score (nSPS) is 20.3. The smallest absolute Gasteiger partial charge is 0.338 e. The van der Waals surface area contributed by atoms with Gasteiger partial charge in [0.25, 0.3) is 5.91 Å². The van der Waals surface area contributed by atoms with Crippen molar-refractivity contribution in [2.75, 3.05) is 46.9 Å². The van der Waals surface area contributed by atoms with E-state index in [1.54, 1.807) is 57.5 Å². The predicted octanol–water partition coefficient (Wildman–Crippen LogP) is 3.19. The van der Waals surface area contributed by atoms with Crippen LogP contribution in [-0.4, -0.2) is 85.6 Å². The van der Waals surface area contributed by atoms with Crippen LogP contribution < -0.4 is 10.1 Å². The summed E-state index contributed by atoms with van der Waals surface area (Å²) < 4.78 is 24.6. The average molecular weight is 525 g/mol. The number of amides is 3. The molecule has 1 fully saturated rings. The van der Waals surface area contributed by atoms with Gasteiger partial charge in [-0.05, 0) is 55.8 Å². The number of methoxy groups -OCH3 is 1. The molecule has 0 unspecified atom stereocenters. The van der Waals surface area contributed by atoms with E-state index in [2.05, 4.69) is 10.2 Å². The van der Waals surface area contributed by atoms with Crippen LogP contribution in [-0.2, 0) is 9.53 Å². The molecular formula is C28H33FN4O5. The molecule has 2 aromatic carbocycles. The van der Waals surface area contributed by atoms with Gasteiger partial charge in [-0.3, -0.25) is 14.6 Å². The maximum Gasteiger partial charge on any atom is 0.338 e.